The molecule has 32 nitrogen and oxygen atoms in total. The molecule has 0 aliphatic heterocycles. The first kappa shape index (κ1) is 105. The minimum absolute atomic E-state index is 0. The third-order valence-corrected chi connectivity index (χ3v) is 18.6. The van der Waals surface area contributed by atoms with E-state index in [1.165, 1.54) is 122 Å². The van der Waals surface area contributed by atoms with Gasteiger partial charge in [-0.2, -0.15) is 20.6 Å². The van der Waals surface area contributed by atoms with Crippen LogP contribution in [0.2, 0.25) is 0 Å². The van der Waals surface area contributed by atoms with Crippen molar-refractivity contribution in [3.05, 3.63) is 188 Å². The van der Waals surface area contributed by atoms with Crippen molar-refractivity contribution in [1.29, 1.82) is 0 Å². The number of methoxy groups -OCH3 is 4. The summed E-state index contributed by atoms with van der Waals surface area (Å²) in [7, 11) is 4.97. The normalized spacial score (nSPS) is 10.4. The largest absolute Gasteiger partial charge is 2.00 e. The van der Waals surface area contributed by atoms with E-state index in [4.69, 9.17) is 69.9 Å². The molecule has 0 amide bonds. The number of esters is 4. The fourth-order valence-corrected chi connectivity index (χ4v) is 11.3. The van der Waals surface area contributed by atoms with E-state index in [1.54, 1.807) is 48.5 Å². The number of hydrogen-bond acceptors (Lipinski definition) is 28. The first-order valence-electron chi connectivity index (χ1n) is 36.3. The van der Waals surface area contributed by atoms with Crippen LogP contribution >= 0.6 is 48.9 Å². The molecule has 0 spiro atoms. The first-order chi connectivity index (χ1) is 55.5. The Morgan fingerprint density at radius 3 is 0.551 bits per heavy atom. The van der Waals surface area contributed by atoms with Crippen molar-refractivity contribution in [3.8, 4) is 68.3 Å². The number of hydroxylamine groups is 12. The van der Waals surface area contributed by atoms with Crippen LogP contribution in [-0.4, -0.2) is 234 Å². The second kappa shape index (κ2) is 52.8. The Morgan fingerprint density at radius 1 is 0.263 bits per heavy atom. The summed E-state index contributed by atoms with van der Waals surface area (Å²) in [4.78, 5) is 166. The van der Waals surface area contributed by atoms with Gasteiger partial charge in [0.1, 0.15) is 78.5 Å². The molecular formula is C80H92N16O16Ru2S4+4. The van der Waals surface area contributed by atoms with Crippen LogP contribution in [0.5, 0.6) is 0 Å². The molecular weight excluding hydrogens is 1770 g/mol. The fourth-order valence-electron chi connectivity index (χ4n) is 11.3. The molecule has 8 aromatic heterocycles. The minimum atomic E-state index is -0.661. The number of carbonyl (C=O) groups is 8. The zero-order chi connectivity index (χ0) is 86.9. The topological polar surface area (TPSA) is 403 Å². The molecule has 0 aromatic carbocycles. The number of isothiocyanates is 4. The molecule has 0 aliphatic carbocycles. The van der Waals surface area contributed by atoms with Gasteiger partial charge in [0.25, 0.3) is 0 Å². The third-order valence-electron chi connectivity index (χ3n) is 18.6. The van der Waals surface area contributed by atoms with E-state index < -0.39 is 47.8 Å². The predicted molar refractivity (Wildman–Crippen MR) is 446 cm³/mol. The van der Waals surface area contributed by atoms with E-state index in [2.05, 4.69) is 78.8 Å². The quantitative estimate of drug-likeness (QED) is 0.00767. The van der Waals surface area contributed by atoms with E-state index in [0.717, 1.165) is 0 Å². The summed E-state index contributed by atoms with van der Waals surface area (Å²) in [5, 5.41) is 33.9. The Labute approximate surface area is 732 Å². The van der Waals surface area contributed by atoms with Gasteiger partial charge in [0.2, 0.25) is 0 Å². The van der Waals surface area contributed by atoms with Crippen molar-refractivity contribution in [2.75, 3.05) is 107 Å². The third kappa shape index (κ3) is 29.4. The molecule has 0 saturated carbocycles. The maximum absolute atomic E-state index is 14.2. The Bertz CT molecular complexity index is 4550. The minimum Gasteiger partial charge on any atom is -0.753 e. The molecule has 8 rings (SSSR count). The predicted octanol–water partition coefficient (Wildman–Crippen LogP) is 14.1. The van der Waals surface area contributed by atoms with Gasteiger partial charge in [0.15, 0.2) is 0 Å². The Balaban J connectivity index is 0.00000110. The van der Waals surface area contributed by atoms with Crippen LogP contribution in [0, 0.1) is 0 Å². The van der Waals surface area contributed by atoms with E-state index in [1.807, 2.05) is 83.1 Å². The van der Waals surface area contributed by atoms with Crippen LogP contribution < -0.4 is 0 Å². The molecule has 8 heterocycles. The molecule has 0 unspecified atom stereocenters. The molecule has 0 N–H and O–H groups in total. The van der Waals surface area contributed by atoms with Gasteiger partial charge in [-0.3, -0.25) is 39.3 Å². The summed E-state index contributed by atoms with van der Waals surface area (Å²) >= 11 is 14.8. The average Bonchev–Trinajstić information content (AvgIpc) is 0.784. The number of ether oxygens (including phenoxy) is 4. The molecule has 118 heavy (non-hydrogen) atoms. The van der Waals surface area contributed by atoms with Gasteiger partial charge < -0.3 is 40.6 Å². The Hall–Kier alpha value is -10.8. The molecule has 0 radical (unpaired) electrons. The fraction of sp³-hybridized carbons (Fsp3) is 0.350. The number of rotatable bonds is 30. The van der Waals surface area contributed by atoms with Gasteiger partial charge in [0.05, 0.1) is 141 Å². The number of carbonyl (C=O) groups excluding carboxylic acids is 8. The van der Waals surface area contributed by atoms with Gasteiger partial charge >= 0.3 is 86.7 Å². The molecule has 0 saturated heterocycles. The molecule has 0 bridgehead atoms. The van der Waals surface area contributed by atoms with Crippen molar-refractivity contribution in [3.63, 3.8) is 0 Å². The number of quaternary nitrogens is 4. The van der Waals surface area contributed by atoms with Crippen molar-refractivity contribution in [2.45, 2.75) is 83.1 Å². The van der Waals surface area contributed by atoms with Crippen LogP contribution in [0.15, 0.2) is 122 Å². The summed E-state index contributed by atoms with van der Waals surface area (Å²) in [5.41, 5.74) is 4.29. The van der Waals surface area contributed by atoms with Crippen molar-refractivity contribution in [1.82, 2.24) is 39.9 Å². The zero-order valence-electron chi connectivity index (χ0n) is 68.1. The molecule has 0 aliphatic rings. The van der Waals surface area contributed by atoms with Gasteiger partial charge in [-0.25, -0.2) is 58.3 Å². The number of pyridine rings is 8. The van der Waals surface area contributed by atoms with E-state index in [-0.39, 0.29) is 170 Å². The number of aromatic nitrogens is 8. The van der Waals surface area contributed by atoms with Gasteiger partial charge in [-0.05, 0) is 180 Å². The van der Waals surface area contributed by atoms with Crippen LogP contribution in [0.1, 0.15) is 166 Å². The SMILES string of the molecule is CC[N+](CC)(CC)OC(=O)c1ccnc(-c2cc(C(=O)O[N+](CC)(CC)CC)cc(-c3cc(C(=O)O[N+](CC)(CC)CC)cc(-c4cc(C(=O)O[N+](CC)(CC)CC)ccn4)n3)n2)c1.COC(=O)c1ccnc(-c2cc(C(=O)OC)cc(-c3cc(C(=O)OC)cc(-c4cc(C(=O)OC)ccn4)n3)n2)c1.[N-]=C=S.[N-]=C=S.[N-]=C=S.[N-]=C=S.[Ru+2].[Ru+2]. The van der Waals surface area contributed by atoms with E-state index in [0.29, 0.717) is 78.5 Å². The second-order valence-corrected chi connectivity index (χ2v) is 24.8. The number of thiocarbonyl (C=S) groups is 4. The van der Waals surface area contributed by atoms with E-state index >= 15 is 0 Å². The maximum atomic E-state index is 14.2. The van der Waals surface area contributed by atoms with E-state index in [9.17, 15) is 38.4 Å². The molecule has 624 valence electrons. The average molecular weight is 1860 g/mol. The van der Waals surface area contributed by atoms with Gasteiger partial charge in [0, 0.05) is 24.8 Å². The van der Waals surface area contributed by atoms with Crippen LogP contribution in [0.3, 0.4) is 0 Å². The summed E-state index contributed by atoms with van der Waals surface area (Å²) in [5.74, 6) is -4.75. The summed E-state index contributed by atoms with van der Waals surface area (Å²) < 4.78 is 19.8. The Kier molecular flexibility index (Phi) is 47.1. The summed E-state index contributed by atoms with van der Waals surface area (Å²) in [6.45, 7) is 30.3. The smallest absolute Gasteiger partial charge is 0.753 e. The zero-order valence-corrected chi connectivity index (χ0v) is 74.8. The van der Waals surface area contributed by atoms with Crippen molar-refractivity contribution in [2.24, 2.45) is 0 Å². The number of hydrogen-bond donors (Lipinski definition) is 0. The molecule has 38 heteroatoms. The van der Waals surface area contributed by atoms with Crippen LogP contribution in [0.25, 0.3) is 90.0 Å². The van der Waals surface area contributed by atoms with Crippen molar-refractivity contribution >= 4 is 117 Å². The van der Waals surface area contributed by atoms with Crippen molar-refractivity contribution < 1.29 is 134 Å². The summed E-state index contributed by atoms with van der Waals surface area (Å²) in [6.07, 6.45) is 5.79. The molecule has 0 atom stereocenters. The summed E-state index contributed by atoms with van der Waals surface area (Å²) in [6, 6.07) is 24.2. The standard InChI is InChI=1S/C48H70N8O8.C28H22N4O8.4CNS.2Ru/c1-13-53(14-2,15-3)61-45(57)35-25-27-49-39(29-35)41-31-37(47(59)63-55(19-7,20-8)21-9)33-43(51-41)44-34-38(48(60)64-56(22-10,23-11)24-12)32-42(52-44)40-30-36(26-28-50-40)46(58)62-54(16-4,17-5)18-6;1-37-25(33)15-5-7-29-19(9-15)21-11-17(27(35)39-3)13-23(31-21)24-14-18(28(36)40-4)12-22(32-24)20-10-16(6-8-30-20)26(34)38-2;4*2-1-3;;/h25-34H,13-24H2,1-12H3;5-14H,1-4H3;;;;;;/q+4;;4*-1;2*+2. The Morgan fingerprint density at radius 2 is 0.390 bits per heavy atom. The van der Waals surface area contributed by atoms with Crippen LogP contribution in [0.4, 0.5) is 0 Å². The monoisotopic (exact) mass is 1860 g/mol. The van der Waals surface area contributed by atoms with Gasteiger partial charge in [-0.15, -0.1) is 18.6 Å². The maximum Gasteiger partial charge on any atom is 2.00 e. The molecule has 0 fully saturated rings. The first-order valence-corrected chi connectivity index (χ1v) is 37.9. The number of nitrogens with zero attached hydrogens (tertiary/aromatic N) is 16. The van der Waals surface area contributed by atoms with Gasteiger partial charge in [-0.1, -0.05) is 48.9 Å². The second-order valence-electron chi connectivity index (χ2n) is 24.1. The van der Waals surface area contributed by atoms with Crippen LogP contribution in [-0.2, 0) is 77.3 Å². The molecule has 8 aromatic rings.